The summed E-state index contributed by atoms with van der Waals surface area (Å²) >= 11 is 6.23. The van der Waals surface area contributed by atoms with Crippen molar-refractivity contribution < 1.29 is 0 Å². The van der Waals surface area contributed by atoms with E-state index in [0.29, 0.717) is 6.42 Å². The second-order valence-electron chi connectivity index (χ2n) is 5.34. The molecule has 0 saturated carbocycles. The third-order valence-electron chi connectivity index (χ3n) is 2.41. The molecule has 2 heteroatoms. The van der Waals surface area contributed by atoms with Gasteiger partial charge in [-0.3, -0.25) is 0 Å². The minimum Gasteiger partial charge on any atom is -0.323 e. The van der Waals surface area contributed by atoms with Crippen molar-refractivity contribution in [1.29, 1.82) is 0 Å². The number of benzene rings is 1. The quantitative estimate of drug-likeness (QED) is 0.785. The van der Waals surface area contributed by atoms with Gasteiger partial charge in [0.2, 0.25) is 0 Å². The number of hydrogen-bond donors (Lipinski definition) is 1. The molecule has 1 rings (SSSR count). The lowest BCUT2D eigenvalue weighted by atomic mass is 9.96. The zero-order valence-corrected chi connectivity index (χ0v) is 11.7. The van der Waals surface area contributed by atoms with Crippen molar-refractivity contribution in [3.63, 3.8) is 0 Å². The summed E-state index contributed by atoms with van der Waals surface area (Å²) in [5.74, 6) is 6.32. The third kappa shape index (κ3) is 4.42. The first-order chi connectivity index (χ1) is 7.81. The molecule has 0 radical (unpaired) electrons. The van der Waals surface area contributed by atoms with Crippen LogP contribution in [0, 0.1) is 24.2 Å². The van der Waals surface area contributed by atoms with Gasteiger partial charge in [-0.15, -0.1) is 5.92 Å². The Bertz CT molecular complexity index is 446. The topological polar surface area (TPSA) is 26.0 Å². The van der Waals surface area contributed by atoms with Gasteiger partial charge in [0.1, 0.15) is 0 Å². The van der Waals surface area contributed by atoms with E-state index in [2.05, 4.69) is 32.6 Å². The Labute approximate surface area is 109 Å². The van der Waals surface area contributed by atoms with Gasteiger partial charge in [0.05, 0.1) is 0 Å². The van der Waals surface area contributed by atoms with Gasteiger partial charge in [-0.1, -0.05) is 35.7 Å². The van der Waals surface area contributed by atoms with E-state index in [9.17, 15) is 0 Å². The number of rotatable bonds is 2. The molecule has 0 amide bonds. The Morgan fingerprint density at radius 1 is 1.35 bits per heavy atom. The molecule has 0 aromatic heterocycles. The van der Waals surface area contributed by atoms with E-state index in [-0.39, 0.29) is 11.5 Å². The first-order valence-electron chi connectivity index (χ1n) is 5.82. The number of aryl methyl sites for hydroxylation is 1. The molecule has 1 aromatic carbocycles. The van der Waals surface area contributed by atoms with Crippen LogP contribution < -0.4 is 5.73 Å². The molecule has 0 saturated heterocycles. The molecule has 1 aromatic rings. The molecule has 0 aliphatic carbocycles. The molecule has 0 aliphatic rings. The van der Waals surface area contributed by atoms with E-state index in [4.69, 9.17) is 17.3 Å². The highest BCUT2D eigenvalue weighted by Crippen LogP contribution is 2.26. The fraction of sp³-hybridized carbons (Fsp3) is 0.467. The maximum Gasteiger partial charge on any atom is 0.0483 e. The molecule has 17 heavy (non-hydrogen) atoms. The maximum absolute atomic E-state index is 6.23. The predicted molar refractivity (Wildman–Crippen MR) is 75.0 cm³/mol. The van der Waals surface area contributed by atoms with Gasteiger partial charge < -0.3 is 5.73 Å². The van der Waals surface area contributed by atoms with Crippen molar-refractivity contribution in [3.8, 4) is 11.8 Å². The molecule has 0 heterocycles. The molecular weight excluding hydrogens is 230 g/mol. The maximum atomic E-state index is 6.23. The van der Waals surface area contributed by atoms with Crippen LogP contribution in [0.3, 0.4) is 0 Å². The van der Waals surface area contributed by atoms with E-state index in [1.807, 2.05) is 25.1 Å². The number of nitrogens with two attached hydrogens (primary N) is 1. The molecular formula is C15H20ClN. The van der Waals surface area contributed by atoms with Gasteiger partial charge in [0.25, 0.3) is 0 Å². The summed E-state index contributed by atoms with van der Waals surface area (Å²) in [4.78, 5) is 0. The Morgan fingerprint density at radius 2 is 2.00 bits per heavy atom. The molecule has 0 spiro atoms. The molecule has 92 valence electrons. The van der Waals surface area contributed by atoms with Crippen LogP contribution in [0.2, 0.25) is 5.02 Å². The standard InChI is InChI=1S/C15H20ClN/c1-11-7-5-8-12(14(11)16)13(17)9-6-10-15(2,3)4/h5,7-8,13H,9,17H2,1-4H3. The van der Waals surface area contributed by atoms with E-state index >= 15 is 0 Å². The summed E-state index contributed by atoms with van der Waals surface area (Å²) in [6.45, 7) is 8.25. The van der Waals surface area contributed by atoms with Gasteiger partial charge in [-0.2, -0.15) is 0 Å². The summed E-state index contributed by atoms with van der Waals surface area (Å²) in [7, 11) is 0. The van der Waals surface area contributed by atoms with Crippen molar-refractivity contribution >= 4 is 11.6 Å². The summed E-state index contributed by atoms with van der Waals surface area (Å²) < 4.78 is 0. The van der Waals surface area contributed by atoms with Crippen LogP contribution in [-0.2, 0) is 0 Å². The zero-order valence-electron chi connectivity index (χ0n) is 11.0. The lowest BCUT2D eigenvalue weighted by molar-refractivity contribution is 0.569. The molecule has 1 nitrogen and oxygen atoms in total. The van der Waals surface area contributed by atoms with Crippen LogP contribution in [0.5, 0.6) is 0 Å². The fourth-order valence-electron chi connectivity index (χ4n) is 1.49. The highest BCUT2D eigenvalue weighted by molar-refractivity contribution is 6.32. The van der Waals surface area contributed by atoms with Crippen LogP contribution in [0.15, 0.2) is 18.2 Å². The van der Waals surface area contributed by atoms with Crippen molar-refractivity contribution in [2.24, 2.45) is 11.1 Å². The Hall–Kier alpha value is -0.970. The Kier molecular flexibility index (Phi) is 4.62. The van der Waals surface area contributed by atoms with Crippen LogP contribution in [0.1, 0.15) is 44.4 Å². The minimum atomic E-state index is -0.114. The van der Waals surface area contributed by atoms with Crippen LogP contribution in [-0.4, -0.2) is 0 Å². The molecule has 1 unspecified atom stereocenters. The van der Waals surface area contributed by atoms with E-state index < -0.39 is 0 Å². The van der Waals surface area contributed by atoms with E-state index in [1.54, 1.807) is 0 Å². The average molecular weight is 250 g/mol. The van der Waals surface area contributed by atoms with Crippen LogP contribution in [0.25, 0.3) is 0 Å². The lowest BCUT2D eigenvalue weighted by Crippen LogP contribution is -2.10. The normalized spacial score (nSPS) is 12.8. The van der Waals surface area contributed by atoms with E-state index in [0.717, 1.165) is 16.1 Å². The third-order valence-corrected chi connectivity index (χ3v) is 2.92. The molecule has 0 aliphatic heterocycles. The van der Waals surface area contributed by atoms with Crippen LogP contribution >= 0.6 is 11.6 Å². The second-order valence-corrected chi connectivity index (χ2v) is 5.72. The lowest BCUT2D eigenvalue weighted by Gasteiger charge is -2.13. The van der Waals surface area contributed by atoms with Gasteiger partial charge >= 0.3 is 0 Å². The van der Waals surface area contributed by atoms with Crippen molar-refractivity contribution in [2.45, 2.75) is 40.2 Å². The number of halogens is 1. The zero-order chi connectivity index (χ0) is 13.1. The Balaban J connectivity index is 2.80. The largest absolute Gasteiger partial charge is 0.323 e. The summed E-state index contributed by atoms with van der Waals surface area (Å²) in [6.07, 6.45) is 0.639. The van der Waals surface area contributed by atoms with Crippen molar-refractivity contribution in [1.82, 2.24) is 0 Å². The molecule has 0 fully saturated rings. The SMILES string of the molecule is Cc1cccc(C(N)CC#CC(C)(C)C)c1Cl. The summed E-state index contributed by atoms with van der Waals surface area (Å²) in [6, 6.07) is 5.82. The average Bonchev–Trinajstić information content (AvgIpc) is 2.20. The highest BCUT2D eigenvalue weighted by atomic mass is 35.5. The first kappa shape index (κ1) is 14.1. The Morgan fingerprint density at radius 3 is 2.59 bits per heavy atom. The fourth-order valence-corrected chi connectivity index (χ4v) is 1.76. The van der Waals surface area contributed by atoms with Crippen molar-refractivity contribution in [3.05, 3.63) is 34.3 Å². The minimum absolute atomic E-state index is 0.0239. The first-order valence-corrected chi connectivity index (χ1v) is 6.19. The summed E-state index contributed by atoms with van der Waals surface area (Å²) in [5.41, 5.74) is 8.17. The number of hydrogen-bond acceptors (Lipinski definition) is 1. The summed E-state index contributed by atoms with van der Waals surface area (Å²) in [5, 5.41) is 0.762. The second kappa shape index (κ2) is 5.58. The van der Waals surface area contributed by atoms with Crippen LogP contribution in [0.4, 0.5) is 0 Å². The van der Waals surface area contributed by atoms with Gasteiger partial charge in [-0.05, 0) is 38.8 Å². The van der Waals surface area contributed by atoms with Gasteiger partial charge in [-0.25, -0.2) is 0 Å². The van der Waals surface area contributed by atoms with Gasteiger partial charge in [0, 0.05) is 22.9 Å². The van der Waals surface area contributed by atoms with Gasteiger partial charge in [0.15, 0.2) is 0 Å². The smallest absolute Gasteiger partial charge is 0.0483 e. The monoisotopic (exact) mass is 249 g/mol. The van der Waals surface area contributed by atoms with E-state index in [1.165, 1.54) is 0 Å². The predicted octanol–water partition coefficient (Wildman–Crippen LogP) is 4.09. The van der Waals surface area contributed by atoms with Crippen molar-refractivity contribution in [2.75, 3.05) is 0 Å². The molecule has 1 atom stereocenters. The molecule has 0 bridgehead atoms. The highest BCUT2D eigenvalue weighted by Gasteiger charge is 2.10. The molecule has 2 N–H and O–H groups in total.